The maximum Gasteiger partial charge on any atom is 0.338 e. The Morgan fingerprint density at radius 2 is 1.85 bits per heavy atom. The van der Waals surface area contributed by atoms with Gasteiger partial charge >= 0.3 is 5.97 Å². The predicted molar refractivity (Wildman–Crippen MR) is 129 cm³/mol. The Bertz CT molecular complexity index is 1370. The molecule has 0 saturated carbocycles. The van der Waals surface area contributed by atoms with Gasteiger partial charge in [0.2, 0.25) is 0 Å². The van der Waals surface area contributed by atoms with Crippen LogP contribution in [0.1, 0.15) is 44.9 Å². The lowest BCUT2D eigenvalue weighted by molar-refractivity contribution is -0.143. The Hall–Kier alpha value is -3.45. The number of ether oxygens (including phenoxy) is 2. The van der Waals surface area contributed by atoms with Crippen molar-refractivity contribution in [3.8, 4) is 5.75 Å². The second-order valence-electron chi connectivity index (χ2n) is 7.95. The van der Waals surface area contributed by atoms with Gasteiger partial charge in [0.05, 0.1) is 34.6 Å². The van der Waals surface area contributed by atoms with Crippen molar-refractivity contribution in [3.05, 3.63) is 96.7 Å². The third-order valence-electron chi connectivity index (χ3n) is 5.19. The van der Waals surface area contributed by atoms with E-state index in [1.54, 1.807) is 25.3 Å². The Labute approximate surface area is 196 Å². The van der Waals surface area contributed by atoms with Crippen LogP contribution in [0.2, 0.25) is 0 Å². The summed E-state index contributed by atoms with van der Waals surface area (Å²) in [5, 5.41) is 0. The first kappa shape index (κ1) is 22.7. The predicted octanol–water partition coefficient (Wildman–Crippen LogP) is 3.59. The Balaban J connectivity index is 1.91. The number of fused-ring (bicyclic) bond motifs is 1. The van der Waals surface area contributed by atoms with Crippen molar-refractivity contribution in [2.75, 3.05) is 6.61 Å². The molecule has 2 aromatic carbocycles. The molecule has 0 N–H and O–H groups in total. The van der Waals surface area contributed by atoms with Gasteiger partial charge in [0.15, 0.2) is 4.80 Å². The van der Waals surface area contributed by atoms with Crippen molar-refractivity contribution >= 4 is 23.4 Å². The minimum absolute atomic E-state index is 0.191. The molecule has 0 bridgehead atoms. The molecule has 0 amide bonds. The second kappa shape index (κ2) is 9.58. The number of aromatic nitrogens is 1. The lowest BCUT2D eigenvalue weighted by atomic mass is 9.96. The van der Waals surface area contributed by atoms with E-state index in [9.17, 15) is 9.59 Å². The lowest BCUT2D eigenvalue weighted by Crippen LogP contribution is -2.40. The SMILES string of the molecule is CCOc1ccc([C@@H]2C(C(=O)OC(C)C)=C(C)N=c3s/c(=C/c4ccccc4)c(=O)n32)cc1. The number of benzene rings is 2. The average Bonchev–Trinajstić information content (AvgIpc) is 3.08. The molecule has 7 heteroatoms. The fourth-order valence-corrected chi connectivity index (χ4v) is 4.84. The fraction of sp³-hybridized carbons (Fsp3) is 0.269. The molecule has 0 aliphatic carbocycles. The highest BCUT2D eigenvalue weighted by Crippen LogP contribution is 2.31. The van der Waals surface area contributed by atoms with Crippen LogP contribution in [0.4, 0.5) is 0 Å². The Kier molecular flexibility index (Phi) is 6.60. The molecule has 0 spiro atoms. The molecule has 170 valence electrons. The summed E-state index contributed by atoms with van der Waals surface area (Å²) in [6.45, 7) is 7.86. The molecule has 1 aliphatic rings. The number of allylic oxidation sites excluding steroid dienone is 1. The van der Waals surface area contributed by atoms with E-state index < -0.39 is 12.0 Å². The molecule has 4 rings (SSSR count). The van der Waals surface area contributed by atoms with Gasteiger partial charge in [0, 0.05) is 0 Å². The van der Waals surface area contributed by atoms with E-state index >= 15 is 0 Å². The molecule has 3 aromatic rings. The number of esters is 1. The standard InChI is InChI=1S/C26H26N2O4S/c1-5-31-20-13-11-19(12-14-20)23-22(25(30)32-16(2)3)17(4)27-26-28(23)24(29)21(33-26)15-18-9-7-6-8-10-18/h6-16,23H,5H2,1-4H3/b21-15+/t23-/m1/s1. The fourth-order valence-electron chi connectivity index (χ4n) is 3.79. The highest BCUT2D eigenvalue weighted by atomic mass is 32.1. The Morgan fingerprint density at radius 3 is 2.48 bits per heavy atom. The van der Waals surface area contributed by atoms with Crippen molar-refractivity contribution in [1.29, 1.82) is 0 Å². The lowest BCUT2D eigenvalue weighted by Gasteiger charge is -2.25. The molecule has 1 aliphatic heterocycles. The summed E-state index contributed by atoms with van der Waals surface area (Å²) in [5.74, 6) is 0.257. The van der Waals surface area contributed by atoms with Crippen LogP contribution in [0, 0.1) is 0 Å². The average molecular weight is 463 g/mol. The summed E-state index contributed by atoms with van der Waals surface area (Å²) in [7, 11) is 0. The maximum atomic E-state index is 13.6. The number of hydrogen-bond acceptors (Lipinski definition) is 6. The second-order valence-corrected chi connectivity index (χ2v) is 8.96. The van der Waals surface area contributed by atoms with Gasteiger partial charge in [-0.15, -0.1) is 0 Å². The van der Waals surface area contributed by atoms with Crippen LogP contribution in [0.3, 0.4) is 0 Å². The number of rotatable bonds is 6. The molecule has 0 saturated heterocycles. The van der Waals surface area contributed by atoms with E-state index in [0.29, 0.717) is 27.2 Å². The molecule has 6 nitrogen and oxygen atoms in total. The van der Waals surface area contributed by atoms with Crippen molar-refractivity contribution in [3.63, 3.8) is 0 Å². The van der Waals surface area contributed by atoms with Gasteiger partial charge in [-0.1, -0.05) is 53.8 Å². The number of nitrogens with zero attached hydrogens (tertiary/aromatic N) is 2. The minimum Gasteiger partial charge on any atom is -0.494 e. The highest BCUT2D eigenvalue weighted by Gasteiger charge is 2.33. The third-order valence-corrected chi connectivity index (χ3v) is 6.17. The zero-order chi connectivity index (χ0) is 23.5. The van der Waals surface area contributed by atoms with Gasteiger partial charge in [-0.25, -0.2) is 9.79 Å². The zero-order valence-electron chi connectivity index (χ0n) is 19.1. The first-order valence-corrected chi connectivity index (χ1v) is 11.7. The topological polar surface area (TPSA) is 69.9 Å². The van der Waals surface area contributed by atoms with Crippen molar-refractivity contribution in [2.45, 2.75) is 39.8 Å². The van der Waals surface area contributed by atoms with E-state index in [-0.39, 0.29) is 11.7 Å². The monoisotopic (exact) mass is 462 g/mol. The van der Waals surface area contributed by atoms with Crippen LogP contribution < -0.4 is 19.6 Å². The number of carbonyl (C=O) groups is 1. The summed E-state index contributed by atoms with van der Waals surface area (Å²) in [4.78, 5) is 31.8. The zero-order valence-corrected chi connectivity index (χ0v) is 19.9. The van der Waals surface area contributed by atoms with Gasteiger partial charge in [-0.3, -0.25) is 9.36 Å². The molecular weight excluding hydrogens is 436 g/mol. The van der Waals surface area contributed by atoms with E-state index in [0.717, 1.165) is 16.9 Å². The smallest absolute Gasteiger partial charge is 0.338 e. The van der Waals surface area contributed by atoms with Crippen LogP contribution in [-0.2, 0) is 9.53 Å². The van der Waals surface area contributed by atoms with Crippen LogP contribution >= 0.6 is 11.3 Å². The van der Waals surface area contributed by atoms with Crippen molar-refractivity contribution in [2.24, 2.45) is 4.99 Å². The van der Waals surface area contributed by atoms with Gasteiger partial charge < -0.3 is 9.47 Å². The molecule has 0 unspecified atom stereocenters. The molecular formula is C26H26N2O4S. The molecule has 2 heterocycles. The highest BCUT2D eigenvalue weighted by molar-refractivity contribution is 7.07. The third kappa shape index (κ3) is 4.68. The summed E-state index contributed by atoms with van der Waals surface area (Å²) < 4.78 is 13.3. The van der Waals surface area contributed by atoms with Gasteiger partial charge in [-0.2, -0.15) is 0 Å². The van der Waals surface area contributed by atoms with E-state index in [1.807, 2.05) is 67.6 Å². The summed E-state index contributed by atoms with van der Waals surface area (Å²) >= 11 is 1.32. The Morgan fingerprint density at radius 1 is 1.15 bits per heavy atom. The van der Waals surface area contributed by atoms with Crippen LogP contribution in [0.15, 0.2) is 75.7 Å². The van der Waals surface area contributed by atoms with Gasteiger partial charge in [-0.05, 0) is 57.0 Å². The first-order chi connectivity index (χ1) is 15.9. The largest absolute Gasteiger partial charge is 0.494 e. The number of carbonyl (C=O) groups excluding carboxylic acids is 1. The van der Waals surface area contributed by atoms with Gasteiger partial charge in [0.1, 0.15) is 5.75 Å². The number of hydrogen-bond donors (Lipinski definition) is 0. The van der Waals surface area contributed by atoms with Crippen LogP contribution in [0.25, 0.3) is 6.08 Å². The van der Waals surface area contributed by atoms with Crippen LogP contribution in [-0.4, -0.2) is 23.2 Å². The summed E-state index contributed by atoms with van der Waals surface area (Å²) in [6, 6.07) is 16.5. The molecule has 1 aromatic heterocycles. The van der Waals surface area contributed by atoms with E-state index in [4.69, 9.17) is 9.47 Å². The molecule has 1 atom stereocenters. The van der Waals surface area contributed by atoms with E-state index in [1.165, 1.54) is 11.3 Å². The van der Waals surface area contributed by atoms with Crippen molar-refractivity contribution < 1.29 is 14.3 Å². The number of thiazole rings is 1. The van der Waals surface area contributed by atoms with E-state index in [2.05, 4.69) is 4.99 Å². The molecule has 0 radical (unpaired) electrons. The molecule has 33 heavy (non-hydrogen) atoms. The first-order valence-electron chi connectivity index (χ1n) is 10.9. The molecule has 0 fully saturated rings. The normalized spacial score (nSPS) is 15.9. The van der Waals surface area contributed by atoms with Crippen LogP contribution in [0.5, 0.6) is 5.75 Å². The minimum atomic E-state index is -0.638. The maximum absolute atomic E-state index is 13.6. The summed E-state index contributed by atoms with van der Waals surface area (Å²) in [5.41, 5.74) is 2.44. The summed E-state index contributed by atoms with van der Waals surface area (Å²) in [6.07, 6.45) is 1.56. The van der Waals surface area contributed by atoms with Crippen molar-refractivity contribution in [1.82, 2.24) is 4.57 Å². The van der Waals surface area contributed by atoms with Gasteiger partial charge in [0.25, 0.3) is 5.56 Å². The quantitative estimate of drug-likeness (QED) is 0.525.